The summed E-state index contributed by atoms with van der Waals surface area (Å²) in [5.41, 5.74) is 0.962. The second kappa shape index (κ2) is 6.06. The highest BCUT2D eigenvalue weighted by Crippen LogP contribution is 2.15. The number of halogens is 1. The SMILES string of the molecule is CN(CCc1ccncc1)S(=O)(=O)c1ncccc1F. The molecule has 0 radical (unpaired) electrons. The smallest absolute Gasteiger partial charge is 0.263 e. The zero-order chi connectivity index (χ0) is 14.6. The lowest BCUT2D eigenvalue weighted by Crippen LogP contribution is -2.30. The fourth-order valence-electron chi connectivity index (χ4n) is 1.66. The van der Waals surface area contributed by atoms with Crippen molar-refractivity contribution >= 4 is 10.0 Å². The Morgan fingerprint density at radius 2 is 1.90 bits per heavy atom. The third-order valence-corrected chi connectivity index (χ3v) is 4.64. The summed E-state index contributed by atoms with van der Waals surface area (Å²) in [6.07, 6.45) is 5.06. The topological polar surface area (TPSA) is 63.2 Å². The van der Waals surface area contributed by atoms with Crippen LogP contribution in [-0.4, -0.2) is 36.3 Å². The minimum atomic E-state index is -3.91. The van der Waals surface area contributed by atoms with Gasteiger partial charge in [-0.3, -0.25) is 4.98 Å². The van der Waals surface area contributed by atoms with Crippen LogP contribution in [0, 0.1) is 5.82 Å². The molecule has 20 heavy (non-hydrogen) atoms. The molecule has 0 aliphatic rings. The molecule has 0 saturated carbocycles. The summed E-state index contributed by atoms with van der Waals surface area (Å²) < 4.78 is 39.0. The van der Waals surface area contributed by atoms with Gasteiger partial charge in [0.2, 0.25) is 5.03 Å². The first kappa shape index (κ1) is 14.5. The van der Waals surface area contributed by atoms with E-state index in [2.05, 4.69) is 9.97 Å². The molecule has 2 aromatic heterocycles. The third kappa shape index (κ3) is 3.17. The van der Waals surface area contributed by atoms with Gasteiger partial charge in [0.15, 0.2) is 5.82 Å². The van der Waals surface area contributed by atoms with Crippen molar-refractivity contribution in [2.24, 2.45) is 0 Å². The summed E-state index contributed by atoms with van der Waals surface area (Å²) in [5.74, 6) is -0.844. The van der Waals surface area contributed by atoms with Crippen LogP contribution in [0.25, 0.3) is 0 Å². The lowest BCUT2D eigenvalue weighted by molar-refractivity contribution is 0.460. The van der Waals surface area contributed by atoms with E-state index in [1.165, 1.54) is 19.3 Å². The van der Waals surface area contributed by atoms with Crippen molar-refractivity contribution in [3.63, 3.8) is 0 Å². The molecule has 0 N–H and O–H groups in total. The van der Waals surface area contributed by atoms with Gasteiger partial charge in [-0.05, 0) is 36.2 Å². The Hall–Kier alpha value is -1.86. The van der Waals surface area contributed by atoms with E-state index in [-0.39, 0.29) is 6.54 Å². The van der Waals surface area contributed by atoms with Crippen LogP contribution in [0.5, 0.6) is 0 Å². The lowest BCUT2D eigenvalue weighted by Gasteiger charge is -2.16. The van der Waals surface area contributed by atoms with Crippen LogP contribution >= 0.6 is 0 Å². The van der Waals surface area contributed by atoms with Gasteiger partial charge in [-0.15, -0.1) is 0 Å². The molecule has 0 aliphatic carbocycles. The molecule has 0 unspecified atom stereocenters. The molecule has 7 heteroatoms. The molecule has 0 saturated heterocycles. The maximum Gasteiger partial charge on any atom is 0.263 e. The van der Waals surface area contributed by atoms with Crippen LogP contribution in [0.15, 0.2) is 47.9 Å². The molecule has 106 valence electrons. The second-order valence-electron chi connectivity index (χ2n) is 4.22. The van der Waals surface area contributed by atoms with Crippen LogP contribution in [0.2, 0.25) is 0 Å². The van der Waals surface area contributed by atoms with E-state index in [4.69, 9.17) is 0 Å². The van der Waals surface area contributed by atoms with Crippen molar-refractivity contribution in [1.82, 2.24) is 14.3 Å². The molecule has 0 aliphatic heterocycles. The van der Waals surface area contributed by atoms with E-state index in [9.17, 15) is 12.8 Å². The van der Waals surface area contributed by atoms with Crippen molar-refractivity contribution in [2.75, 3.05) is 13.6 Å². The Morgan fingerprint density at radius 3 is 2.55 bits per heavy atom. The quantitative estimate of drug-likeness (QED) is 0.838. The molecular formula is C13H14FN3O2S. The summed E-state index contributed by atoms with van der Waals surface area (Å²) in [7, 11) is -2.50. The largest absolute Gasteiger partial charge is 0.265 e. The highest BCUT2D eigenvalue weighted by Gasteiger charge is 2.25. The Bertz CT molecular complexity index is 677. The first-order chi connectivity index (χ1) is 9.51. The van der Waals surface area contributed by atoms with Crippen LogP contribution in [0.1, 0.15) is 5.56 Å². The van der Waals surface area contributed by atoms with E-state index in [1.807, 2.05) is 12.1 Å². The summed E-state index contributed by atoms with van der Waals surface area (Å²) in [5, 5.41) is -0.544. The monoisotopic (exact) mass is 295 g/mol. The van der Waals surface area contributed by atoms with E-state index in [1.54, 1.807) is 12.4 Å². The average molecular weight is 295 g/mol. The number of aromatic nitrogens is 2. The normalized spacial score (nSPS) is 11.8. The van der Waals surface area contributed by atoms with E-state index in [0.29, 0.717) is 6.42 Å². The molecule has 2 rings (SSSR count). The van der Waals surface area contributed by atoms with Crippen LogP contribution in [0.4, 0.5) is 4.39 Å². The number of likely N-dealkylation sites (N-methyl/N-ethyl adjacent to an activating group) is 1. The van der Waals surface area contributed by atoms with Gasteiger partial charge in [-0.1, -0.05) is 0 Å². The number of hydrogen-bond donors (Lipinski definition) is 0. The summed E-state index contributed by atoms with van der Waals surface area (Å²) in [6, 6.07) is 6.05. The van der Waals surface area contributed by atoms with Crippen LogP contribution in [0.3, 0.4) is 0 Å². The lowest BCUT2D eigenvalue weighted by atomic mass is 10.2. The van der Waals surface area contributed by atoms with Crippen molar-refractivity contribution in [2.45, 2.75) is 11.4 Å². The van der Waals surface area contributed by atoms with Crippen molar-refractivity contribution < 1.29 is 12.8 Å². The molecule has 0 spiro atoms. The number of rotatable bonds is 5. The molecule has 5 nitrogen and oxygen atoms in total. The second-order valence-corrected chi connectivity index (χ2v) is 6.18. The van der Waals surface area contributed by atoms with Crippen LogP contribution in [-0.2, 0) is 16.4 Å². The van der Waals surface area contributed by atoms with E-state index < -0.39 is 20.9 Å². The van der Waals surface area contributed by atoms with Gasteiger partial charge in [0, 0.05) is 32.2 Å². The zero-order valence-electron chi connectivity index (χ0n) is 10.9. The molecular weight excluding hydrogens is 281 g/mol. The van der Waals surface area contributed by atoms with Gasteiger partial charge >= 0.3 is 0 Å². The molecule has 2 heterocycles. The standard InChI is InChI=1S/C13H14FN3O2S/c1-17(10-6-11-4-8-15-9-5-11)20(18,19)13-12(14)3-2-7-16-13/h2-5,7-9H,6,10H2,1H3. The summed E-state index contributed by atoms with van der Waals surface area (Å²) in [4.78, 5) is 7.50. The minimum absolute atomic E-state index is 0.238. The van der Waals surface area contributed by atoms with Crippen molar-refractivity contribution in [1.29, 1.82) is 0 Å². The predicted octanol–water partition coefficient (Wildman–Crippen LogP) is 1.48. The predicted molar refractivity (Wildman–Crippen MR) is 72.0 cm³/mol. The van der Waals surface area contributed by atoms with Gasteiger partial charge < -0.3 is 0 Å². The summed E-state index contributed by atoms with van der Waals surface area (Å²) >= 11 is 0. The maximum atomic E-state index is 13.5. The number of sulfonamides is 1. The summed E-state index contributed by atoms with van der Waals surface area (Å²) in [6.45, 7) is 0.238. The fraction of sp³-hybridized carbons (Fsp3) is 0.231. The molecule has 0 fully saturated rings. The van der Waals surface area contributed by atoms with Gasteiger partial charge in [0.05, 0.1) is 0 Å². The number of nitrogens with zero attached hydrogens (tertiary/aromatic N) is 3. The fourth-order valence-corrected chi connectivity index (χ4v) is 2.80. The third-order valence-electron chi connectivity index (χ3n) is 2.84. The average Bonchev–Trinajstić information content (AvgIpc) is 2.46. The van der Waals surface area contributed by atoms with Crippen molar-refractivity contribution in [3.8, 4) is 0 Å². The number of hydrogen-bond acceptors (Lipinski definition) is 4. The maximum absolute atomic E-state index is 13.5. The molecule has 0 aromatic carbocycles. The molecule has 2 aromatic rings. The molecule has 0 amide bonds. The van der Waals surface area contributed by atoms with E-state index >= 15 is 0 Å². The molecule has 0 atom stereocenters. The van der Waals surface area contributed by atoms with Crippen LogP contribution < -0.4 is 0 Å². The number of pyridine rings is 2. The Labute approximate surface area is 117 Å². The Morgan fingerprint density at radius 1 is 1.20 bits per heavy atom. The first-order valence-corrected chi connectivity index (χ1v) is 7.41. The molecule has 0 bridgehead atoms. The Kier molecular flexibility index (Phi) is 4.41. The Balaban J connectivity index is 2.12. The van der Waals surface area contributed by atoms with Gasteiger partial charge in [-0.25, -0.2) is 17.8 Å². The highest BCUT2D eigenvalue weighted by molar-refractivity contribution is 7.89. The zero-order valence-corrected chi connectivity index (χ0v) is 11.7. The van der Waals surface area contributed by atoms with Gasteiger partial charge in [-0.2, -0.15) is 4.31 Å². The minimum Gasteiger partial charge on any atom is -0.265 e. The van der Waals surface area contributed by atoms with Gasteiger partial charge in [0.25, 0.3) is 10.0 Å². The first-order valence-electron chi connectivity index (χ1n) is 5.97. The van der Waals surface area contributed by atoms with E-state index in [0.717, 1.165) is 15.9 Å². The highest BCUT2D eigenvalue weighted by atomic mass is 32.2. The van der Waals surface area contributed by atoms with Gasteiger partial charge in [0.1, 0.15) is 0 Å². The van der Waals surface area contributed by atoms with Crippen molar-refractivity contribution in [3.05, 3.63) is 54.2 Å².